The van der Waals surface area contributed by atoms with Gasteiger partial charge in [-0.05, 0) is 18.6 Å². The van der Waals surface area contributed by atoms with E-state index in [2.05, 4.69) is 15.0 Å². The summed E-state index contributed by atoms with van der Waals surface area (Å²) in [4.78, 5) is 23.9. The average Bonchev–Trinajstić information content (AvgIpc) is 2.45. The largest absolute Gasteiger partial charge is 0.492 e. The second-order valence-electron chi connectivity index (χ2n) is 3.66. The first-order valence-electron chi connectivity index (χ1n) is 5.71. The predicted octanol–water partition coefficient (Wildman–Crippen LogP) is 1.89. The van der Waals surface area contributed by atoms with Gasteiger partial charge in [0.25, 0.3) is 0 Å². The van der Waals surface area contributed by atoms with Crippen LogP contribution in [0.3, 0.4) is 0 Å². The third-order valence-corrected chi connectivity index (χ3v) is 2.22. The van der Waals surface area contributed by atoms with Crippen molar-refractivity contribution in [3.8, 4) is 5.75 Å². The van der Waals surface area contributed by atoms with Crippen LogP contribution in [0.5, 0.6) is 5.75 Å². The Balaban J connectivity index is 2.20. The van der Waals surface area contributed by atoms with Gasteiger partial charge in [0.2, 0.25) is 11.6 Å². The SMILES string of the molecule is CCCOc1cncc(C(=O)c2ncccn2)c1. The lowest BCUT2D eigenvalue weighted by atomic mass is 10.2. The maximum Gasteiger partial charge on any atom is 0.231 e. The van der Waals surface area contributed by atoms with E-state index in [1.54, 1.807) is 18.3 Å². The Morgan fingerprint density at radius 1 is 1.28 bits per heavy atom. The molecule has 2 aromatic rings. The van der Waals surface area contributed by atoms with Crippen LogP contribution < -0.4 is 4.74 Å². The first-order valence-corrected chi connectivity index (χ1v) is 5.71. The first kappa shape index (κ1) is 12.2. The summed E-state index contributed by atoms with van der Waals surface area (Å²) in [5.74, 6) is 0.482. The van der Waals surface area contributed by atoms with E-state index in [4.69, 9.17) is 4.74 Å². The lowest BCUT2D eigenvalue weighted by molar-refractivity contribution is 0.102. The quantitative estimate of drug-likeness (QED) is 0.750. The zero-order valence-electron chi connectivity index (χ0n) is 10.0. The number of carbonyl (C=O) groups excluding carboxylic acids is 1. The Labute approximate surface area is 105 Å². The lowest BCUT2D eigenvalue weighted by Crippen LogP contribution is -2.07. The van der Waals surface area contributed by atoms with Crippen LogP contribution in [0.25, 0.3) is 0 Å². The van der Waals surface area contributed by atoms with Crippen LogP contribution in [0, 0.1) is 0 Å². The van der Waals surface area contributed by atoms with E-state index < -0.39 is 0 Å². The van der Waals surface area contributed by atoms with Crippen LogP contribution in [0.15, 0.2) is 36.9 Å². The molecule has 0 atom stereocenters. The summed E-state index contributed by atoms with van der Waals surface area (Å²) in [7, 11) is 0. The topological polar surface area (TPSA) is 65.0 Å². The summed E-state index contributed by atoms with van der Waals surface area (Å²) >= 11 is 0. The number of ether oxygens (including phenoxy) is 1. The Kier molecular flexibility index (Phi) is 3.96. The highest BCUT2D eigenvalue weighted by atomic mass is 16.5. The zero-order valence-corrected chi connectivity index (χ0v) is 10.0. The number of hydrogen-bond acceptors (Lipinski definition) is 5. The van der Waals surface area contributed by atoms with Crippen LogP contribution in [-0.2, 0) is 0 Å². The predicted molar refractivity (Wildman–Crippen MR) is 65.5 cm³/mol. The molecule has 5 nitrogen and oxygen atoms in total. The molecule has 18 heavy (non-hydrogen) atoms. The molecule has 2 heterocycles. The second-order valence-corrected chi connectivity index (χ2v) is 3.66. The van der Waals surface area contributed by atoms with Crippen LogP contribution in [0.4, 0.5) is 0 Å². The number of aromatic nitrogens is 3. The number of rotatable bonds is 5. The minimum atomic E-state index is -0.259. The third-order valence-electron chi connectivity index (χ3n) is 2.22. The fourth-order valence-corrected chi connectivity index (χ4v) is 1.39. The van der Waals surface area contributed by atoms with E-state index in [0.29, 0.717) is 17.9 Å². The lowest BCUT2D eigenvalue weighted by Gasteiger charge is -2.05. The van der Waals surface area contributed by atoms with Crippen molar-refractivity contribution in [1.29, 1.82) is 0 Å². The van der Waals surface area contributed by atoms with Crippen molar-refractivity contribution in [2.24, 2.45) is 0 Å². The number of pyridine rings is 1. The van der Waals surface area contributed by atoms with E-state index in [0.717, 1.165) is 6.42 Å². The van der Waals surface area contributed by atoms with Gasteiger partial charge >= 0.3 is 0 Å². The minimum absolute atomic E-state index is 0.159. The molecule has 92 valence electrons. The monoisotopic (exact) mass is 243 g/mol. The van der Waals surface area contributed by atoms with Gasteiger partial charge < -0.3 is 4.74 Å². The van der Waals surface area contributed by atoms with Crippen molar-refractivity contribution >= 4 is 5.78 Å². The third kappa shape index (κ3) is 2.88. The molecule has 0 aromatic carbocycles. The molecule has 0 unspecified atom stereocenters. The maximum absolute atomic E-state index is 12.1. The van der Waals surface area contributed by atoms with Gasteiger partial charge in [-0.3, -0.25) is 9.78 Å². The van der Waals surface area contributed by atoms with Crippen LogP contribution >= 0.6 is 0 Å². The molecule has 0 saturated carbocycles. The number of carbonyl (C=O) groups is 1. The van der Waals surface area contributed by atoms with E-state index in [9.17, 15) is 4.79 Å². The van der Waals surface area contributed by atoms with Crippen molar-refractivity contribution in [2.45, 2.75) is 13.3 Å². The minimum Gasteiger partial charge on any atom is -0.492 e. The van der Waals surface area contributed by atoms with E-state index in [1.165, 1.54) is 18.6 Å². The molecule has 2 aromatic heterocycles. The van der Waals surface area contributed by atoms with Gasteiger partial charge in [-0.15, -0.1) is 0 Å². The molecule has 0 radical (unpaired) electrons. The second kappa shape index (κ2) is 5.86. The van der Waals surface area contributed by atoms with Gasteiger partial charge in [0.15, 0.2) is 0 Å². The Morgan fingerprint density at radius 2 is 2.06 bits per heavy atom. The molecule has 0 aliphatic heterocycles. The van der Waals surface area contributed by atoms with Crippen LogP contribution in [0.2, 0.25) is 0 Å². The molecule has 0 bridgehead atoms. The molecular formula is C13H13N3O2. The summed E-state index contributed by atoms with van der Waals surface area (Å²) in [5.41, 5.74) is 0.426. The highest BCUT2D eigenvalue weighted by Crippen LogP contribution is 2.13. The number of hydrogen-bond donors (Lipinski definition) is 0. The molecule has 0 saturated heterocycles. The summed E-state index contributed by atoms with van der Waals surface area (Å²) in [5, 5.41) is 0. The highest BCUT2D eigenvalue weighted by Gasteiger charge is 2.12. The Bertz CT molecular complexity index is 529. The van der Waals surface area contributed by atoms with Gasteiger partial charge in [-0.25, -0.2) is 9.97 Å². The van der Waals surface area contributed by atoms with Gasteiger partial charge in [0.05, 0.1) is 12.8 Å². The number of nitrogens with zero attached hydrogens (tertiary/aromatic N) is 3. The summed E-state index contributed by atoms with van der Waals surface area (Å²) in [6.45, 7) is 2.61. The first-order chi connectivity index (χ1) is 8.81. The molecule has 0 fully saturated rings. The molecule has 2 rings (SSSR count). The van der Waals surface area contributed by atoms with Crippen molar-refractivity contribution in [3.63, 3.8) is 0 Å². The molecule has 0 N–H and O–H groups in total. The van der Waals surface area contributed by atoms with Gasteiger partial charge in [-0.1, -0.05) is 6.92 Å². The van der Waals surface area contributed by atoms with Crippen molar-refractivity contribution in [1.82, 2.24) is 15.0 Å². The molecule has 5 heteroatoms. The van der Waals surface area contributed by atoms with E-state index >= 15 is 0 Å². The summed E-state index contributed by atoms with van der Waals surface area (Å²) in [6.07, 6.45) is 7.03. The number of ketones is 1. The summed E-state index contributed by atoms with van der Waals surface area (Å²) in [6, 6.07) is 3.32. The van der Waals surface area contributed by atoms with Crippen LogP contribution in [0.1, 0.15) is 29.5 Å². The molecule has 0 spiro atoms. The summed E-state index contributed by atoms with van der Waals surface area (Å²) < 4.78 is 5.43. The smallest absolute Gasteiger partial charge is 0.231 e. The Morgan fingerprint density at radius 3 is 2.78 bits per heavy atom. The standard InChI is InChI=1S/C13H13N3O2/c1-2-6-18-11-7-10(8-14-9-11)12(17)13-15-4-3-5-16-13/h3-5,7-9H,2,6H2,1H3. The van der Waals surface area contributed by atoms with Crippen LogP contribution in [-0.4, -0.2) is 27.3 Å². The average molecular weight is 243 g/mol. The molecular weight excluding hydrogens is 230 g/mol. The molecule has 0 aliphatic carbocycles. The van der Waals surface area contributed by atoms with Gasteiger partial charge in [0.1, 0.15) is 5.75 Å². The molecule has 0 amide bonds. The van der Waals surface area contributed by atoms with E-state index in [-0.39, 0.29) is 11.6 Å². The zero-order chi connectivity index (χ0) is 12.8. The van der Waals surface area contributed by atoms with Crippen molar-refractivity contribution in [3.05, 3.63) is 48.3 Å². The highest BCUT2D eigenvalue weighted by molar-refractivity contribution is 6.06. The molecule has 0 aliphatic rings. The van der Waals surface area contributed by atoms with Crippen molar-refractivity contribution in [2.75, 3.05) is 6.61 Å². The van der Waals surface area contributed by atoms with Crippen molar-refractivity contribution < 1.29 is 9.53 Å². The van der Waals surface area contributed by atoms with Gasteiger partial charge in [0, 0.05) is 24.2 Å². The van der Waals surface area contributed by atoms with E-state index in [1.807, 2.05) is 6.92 Å². The normalized spacial score (nSPS) is 10.1. The maximum atomic E-state index is 12.1. The fourth-order valence-electron chi connectivity index (χ4n) is 1.39. The fraction of sp³-hybridized carbons (Fsp3) is 0.231. The Hall–Kier alpha value is -2.30. The van der Waals surface area contributed by atoms with Gasteiger partial charge in [-0.2, -0.15) is 0 Å².